The Labute approximate surface area is 128 Å². The normalized spacial score (nSPS) is 15.3. The molecule has 0 bridgehead atoms. The van der Waals surface area contributed by atoms with Crippen molar-refractivity contribution >= 4 is 27.2 Å². The van der Waals surface area contributed by atoms with Crippen molar-refractivity contribution in [3.63, 3.8) is 0 Å². The molecular weight excluding hydrogens is 335 g/mol. The van der Waals surface area contributed by atoms with E-state index >= 15 is 0 Å². The van der Waals surface area contributed by atoms with Crippen molar-refractivity contribution < 1.29 is 31.5 Å². The van der Waals surface area contributed by atoms with Gasteiger partial charge in [0.1, 0.15) is 0 Å². The van der Waals surface area contributed by atoms with E-state index in [4.69, 9.17) is 5.11 Å². The third kappa shape index (κ3) is 2.33. The van der Waals surface area contributed by atoms with Gasteiger partial charge in [-0.25, -0.2) is 13.2 Å². The molecule has 9 heteroatoms. The van der Waals surface area contributed by atoms with Gasteiger partial charge in [0.15, 0.2) is 0 Å². The Balaban J connectivity index is 2.28. The van der Waals surface area contributed by atoms with Gasteiger partial charge in [0.25, 0.3) is 0 Å². The first-order chi connectivity index (χ1) is 10.6. The largest absolute Gasteiger partial charge is 0.478 e. The van der Waals surface area contributed by atoms with Crippen LogP contribution < -0.4 is 5.32 Å². The molecule has 1 aliphatic heterocycles. The van der Waals surface area contributed by atoms with E-state index in [0.29, 0.717) is 12.1 Å². The van der Waals surface area contributed by atoms with E-state index < -0.39 is 27.5 Å². The van der Waals surface area contributed by atoms with Crippen LogP contribution in [-0.2, 0) is 16.0 Å². The Morgan fingerprint density at radius 1 is 1.09 bits per heavy atom. The zero-order valence-corrected chi connectivity index (χ0v) is 12.0. The molecule has 5 nitrogen and oxygen atoms in total. The number of nitrogens with one attached hydrogen (secondary N) is 1. The number of carboxylic acids is 1. The Morgan fingerprint density at radius 2 is 1.78 bits per heavy atom. The van der Waals surface area contributed by atoms with E-state index in [1.165, 1.54) is 18.2 Å². The second kappa shape index (κ2) is 4.72. The number of aromatic carboxylic acids is 1. The van der Waals surface area contributed by atoms with Crippen LogP contribution in [0.25, 0.3) is 0 Å². The lowest BCUT2D eigenvalue weighted by Crippen LogP contribution is -2.18. The monoisotopic (exact) mass is 343 g/mol. The summed E-state index contributed by atoms with van der Waals surface area (Å²) in [5.41, 5.74) is -1.92. The summed E-state index contributed by atoms with van der Waals surface area (Å²) >= 11 is 0. The molecule has 2 N–H and O–H groups in total. The smallest absolute Gasteiger partial charge is 0.416 e. The highest BCUT2D eigenvalue weighted by molar-refractivity contribution is 7.92. The van der Waals surface area contributed by atoms with Crippen LogP contribution in [0, 0.1) is 0 Å². The van der Waals surface area contributed by atoms with Gasteiger partial charge in [-0.1, -0.05) is 6.07 Å². The number of hydrogen-bond acceptors (Lipinski definition) is 4. The zero-order chi connectivity index (χ0) is 17.0. The zero-order valence-electron chi connectivity index (χ0n) is 11.2. The minimum Gasteiger partial charge on any atom is -0.478 e. The summed E-state index contributed by atoms with van der Waals surface area (Å²) in [5, 5.41) is 11.6. The van der Waals surface area contributed by atoms with E-state index in [1.807, 2.05) is 0 Å². The van der Waals surface area contributed by atoms with Crippen molar-refractivity contribution in [2.75, 3.05) is 5.32 Å². The van der Waals surface area contributed by atoms with Gasteiger partial charge in [0.2, 0.25) is 9.84 Å². The highest BCUT2D eigenvalue weighted by atomic mass is 32.2. The summed E-state index contributed by atoms with van der Waals surface area (Å²) in [6, 6.07) is 5.80. The van der Waals surface area contributed by atoms with E-state index in [-0.39, 0.29) is 26.7 Å². The summed E-state index contributed by atoms with van der Waals surface area (Å²) in [7, 11) is -4.11. The van der Waals surface area contributed by atoms with Gasteiger partial charge in [-0.3, -0.25) is 0 Å². The summed E-state index contributed by atoms with van der Waals surface area (Å²) in [5.74, 6) is -1.39. The van der Waals surface area contributed by atoms with Gasteiger partial charge in [-0.15, -0.1) is 0 Å². The molecule has 2 aromatic rings. The van der Waals surface area contributed by atoms with Crippen LogP contribution in [0.2, 0.25) is 0 Å². The number of alkyl halides is 3. The lowest BCUT2D eigenvalue weighted by atomic mass is 10.1. The molecule has 0 aliphatic carbocycles. The van der Waals surface area contributed by atoms with Crippen LogP contribution in [0.15, 0.2) is 46.2 Å². The Hall–Kier alpha value is -2.55. The molecule has 0 amide bonds. The number of carbonyl (C=O) groups is 1. The van der Waals surface area contributed by atoms with Crippen molar-refractivity contribution in [1.29, 1.82) is 0 Å². The summed E-state index contributed by atoms with van der Waals surface area (Å²) in [4.78, 5) is 10.6. The van der Waals surface area contributed by atoms with E-state index in [9.17, 15) is 26.4 Å². The number of fused-ring (bicyclic) bond motifs is 2. The predicted octanol–water partition coefficient (Wildman–Crippen LogP) is 3.29. The van der Waals surface area contributed by atoms with Crippen LogP contribution in [0.4, 0.5) is 24.5 Å². The van der Waals surface area contributed by atoms with Crippen LogP contribution in [-0.4, -0.2) is 19.5 Å². The number of rotatable bonds is 1. The molecule has 1 aliphatic rings. The number of sulfone groups is 1. The van der Waals surface area contributed by atoms with E-state index in [2.05, 4.69) is 5.32 Å². The molecule has 0 aromatic heterocycles. The third-order valence-electron chi connectivity index (χ3n) is 3.40. The summed E-state index contributed by atoms with van der Waals surface area (Å²) in [6.45, 7) is 0. The average molecular weight is 343 g/mol. The molecule has 0 saturated heterocycles. The summed E-state index contributed by atoms with van der Waals surface area (Å²) < 4.78 is 63.4. The van der Waals surface area contributed by atoms with Gasteiger partial charge in [0.05, 0.1) is 32.3 Å². The van der Waals surface area contributed by atoms with Crippen LogP contribution in [0.1, 0.15) is 15.9 Å². The first-order valence-electron chi connectivity index (χ1n) is 6.22. The van der Waals surface area contributed by atoms with Crippen molar-refractivity contribution in [3.05, 3.63) is 47.5 Å². The molecule has 120 valence electrons. The van der Waals surface area contributed by atoms with Crippen molar-refractivity contribution in [2.24, 2.45) is 0 Å². The number of hydrogen-bond donors (Lipinski definition) is 2. The molecule has 3 rings (SSSR count). The second-order valence-corrected chi connectivity index (χ2v) is 6.71. The lowest BCUT2D eigenvalue weighted by molar-refractivity contribution is -0.137. The molecule has 0 radical (unpaired) electrons. The highest BCUT2D eigenvalue weighted by Gasteiger charge is 2.36. The molecule has 0 fully saturated rings. The second-order valence-electron chi connectivity index (χ2n) is 4.82. The Bertz CT molecular complexity index is 936. The van der Waals surface area contributed by atoms with E-state index in [0.717, 1.165) is 6.07 Å². The summed E-state index contributed by atoms with van der Waals surface area (Å²) in [6.07, 6.45) is -4.65. The fourth-order valence-corrected chi connectivity index (χ4v) is 3.92. The molecule has 0 spiro atoms. The van der Waals surface area contributed by atoms with Gasteiger partial charge >= 0.3 is 12.1 Å². The van der Waals surface area contributed by atoms with Crippen molar-refractivity contribution in [3.8, 4) is 0 Å². The van der Waals surface area contributed by atoms with Gasteiger partial charge in [0, 0.05) is 0 Å². The van der Waals surface area contributed by atoms with Crippen molar-refractivity contribution in [1.82, 2.24) is 0 Å². The number of para-hydroxylation sites is 1. The molecule has 1 heterocycles. The molecule has 0 atom stereocenters. The minimum absolute atomic E-state index is 0.244. The van der Waals surface area contributed by atoms with Crippen LogP contribution in [0.3, 0.4) is 0 Å². The average Bonchev–Trinajstić information content (AvgIpc) is 2.45. The van der Waals surface area contributed by atoms with E-state index in [1.54, 1.807) is 0 Å². The fraction of sp³-hybridized carbons (Fsp3) is 0.0714. The van der Waals surface area contributed by atoms with Crippen LogP contribution >= 0.6 is 0 Å². The first-order valence-corrected chi connectivity index (χ1v) is 7.70. The molecule has 0 unspecified atom stereocenters. The fourth-order valence-electron chi connectivity index (χ4n) is 2.35. The Morgan fingerprint density at radius 3 is 2.39 bits per heavy atom. The number of benzene rings is 2. The van der Waals surface area contributed by atoms with Gasteiger partial charge in [-0.2, -0.15) is 13.2 Å². The first kappa shape index (κ1) is 15.3. The predicted molar refractivity (Wildman–Crippen MR) is 73.6 cm³/mol. The van der Waals surface area contributed by atoms with Gasteiger partial charge < -0.3 is 10.4 Å². The standard InChI is InChI=1S/C14H8F3NO4S/c15-14(16,17)7-4-5-10-9(6-7)18-12-8(13(19)20)2-1-3-11(12)23(10,21)22/h1-6,18H,(H,19,20). The minimum atomic E-state index is -4.65. The highest BCUT2D eigenvalue weighted by Crippen LogP contribution is 2.43. The van der Waals surface area contributed by atoms with Crippen LogP contribution in [0.5, 0.6) is 0 Å². The lowest BCUT2D eigenvalue weighted by Gasteiger charge is -2.23. The third-order valence-corrected chi connectivity index (χ3v) is 5.26. The molecule has 0 saturated carbocycles. The maximum Gasteiger partial charge on any atom is 0.416 e. The number of anilines is 2. The maximum absolute atomic E-state index is 12.8. The maximum atomic E-state index is 12.8. The SMILES string of the molecule is O=C(O)c1cccc2c1Nc1cc(C(F)(F)F)ccc1S2(=O)=O. The van der Waals surface area contributed by atoms with Crippen molar-refractivity contribution in [2.45, 2.75) is 16.0 Å². The molecule has 23 heavy (non-hydrogen) atoms. The number of carboxylic acid groups (broad SMARTS) is 1. The topological polar surface area (TPSA) is 83.5 Å². The molecular formula is C14H8F3NO4S. The Kier molecular flexibility index (Phi) is 3.15. The van der Waals surface area contributed by atoms with Gasteiger partial charge in [-0.05, 0) is 30.3 Å². The molecule has 2 aromatic carbocycles. The number of halogens is 3. The quantitative estimate of drug-likeness (QED) is 0.708.